The largest absolute Gasteiger partial charge is 0.355 e. The Balaban J connectivity index is 2.36. The summed E-state index contributed by atoms with van der Waals surface area (Å²) in [6, 6.07) is 0. The molecule has 1 heterocycles. The van der Waals surface area contributed by atoms with Crippen LogP contribution < -0.4 is 10.6 Å². The fourth-order valence-corrected chi connectivity index (χ4v) is 1.75. The maximum Gasteiger partial charge on any atom is 0.227 e. The second kappa shape index (κ2) is 5.15. The summed E-state index contributed by atoms with van der Waals surface area (Å²) in [7, 11) is 0. The van der Waals surface area contributed by atoms with Crippen molar-refractivity contribution in [2.75, 3.05) is 19.6 Å². The molecule has 2 N–H and O–H groups in total. The molecule has 1 aliphatic heterocycles. The zero-order valence-electron chi connectivity index (χ0n) is 8.94. The van der Waals surface area contributed by atoms with Crippen molar-refractivity contribution in [1.82, 2.24) is 10.6 Å². The van der Waals surface area contributed by atoms with Gasteiger partial charge < -0.3 is 10.6 Å². The van der Waals surface area contributed by atoms with Crippen molar-refractivity contribution in [1.29, 1.82) is 0 Å². The molecule has 1 aliphatic rings. The minimum absolute atomic E-state index is 0.173. The van der Waals surface area contributed by atoms with Gasteiger partial charge in [-0.05, 0) is 32.7 Å². The van der Waals surface area contributed by atoms with Crippen molar-refractivity contribution in [3.05, 3.63) is 12.7 Å². The van der Waals surface area contributed by atoms with Crippen LogP contribution in [-0.4, -0.2) is 25.5 Å². The van der Waals surface area contributed by atoms with Gasteiger partial charge in [-0.3, -0.25) is 4.79 Å². The fourth-order valence-electron chi connectivity index (χ4n) is 1.75. The number of carbonyl (C=O) groups is 1. The van der Waals surface area contributed by atoms with E-state index in [-0.39, 0.29) is 11.3 Å². The van der Waals surface area contributed by atoms with E-state index < -0.39 is 0 Å². The molecule has 0 saturated carbocycles. The van der Waals surface area contributed by atoms with E-state index >= 15 is 0 Å². The third-order valence-corrected chi connectivity index (χ3v) is 2.78. The van der Waals surface area contributed by atoms with Crippen molar-refractivity contribution in [3.63, 3.8) is 0 Å². The topological polar surface area (TPSA) is 41.1 Å². The lowest BCUT2D eigenvalue weighted by Crippen LogP contribution is -2.48. The normalized spacial score (nSPS) is 26.9. The first-order valence-corrected chi connectivity index (χ1v) is 5.29. The molecule has 1 saturated heterocycles. The number of nitrogens with one attached hydrogen (secondary N) is 2. The highest BCUT2D eigenvalue weighted by Crippen LogP contribution is 2.25. The van der Waals surface area contributed by atoms with Gasteiger partial charge in [-0.15, -0.1) is 6.58 Å². The van der Waals surface area contributed by atoms with E-state index in [2.05, 4.69) is 17.2 Å². The molecule has 0 aromatic rings. The highest BCUT2D eigenvalue weighted by Gasteiger charge is 2.33. The first-order valence-electron chi connectivity index (χ1n) is 5.29. The Morgan fingerprint density at radius 3 is 3.07 bits per heavy atom. The van der Waals surface area contributed by atoms with E-state index in [1.807, 2.05) is 13.0 Å². The average molecular weight is 196 g/mol. The molecule has 0 bridgehead atoms. The minimum atomic E-state index is -0.209. The Kier molecular flexibility index (Phi) is 4.14. The predicted octanol–water partition coefficient (Wildman–Crippen LogP) is 1.07. The molecule has 0 aromatic heterocycles. The zero-order chi connectivity index (χ0) is 10.4. The van der Waals surface area contributed by atoms with Gasteiger partial charge >= 0.3 is 0 Å². The SMILES string of the molecule is C=CCCNC(=O)C1(C)CCCNC1. The van der Waals surface area contributed by atoms with Gasteiger partial charge in [-0.1, -0.05) is 6.08 Å². The summed E-state index contributed by atoms with van der Waals surface area (Å²) in [4.78, 5) is 11.8. The van der Waals surface area contributed by atoms with Crippen LogP contribution in [0.1, 0.15) is 26.2 Å². The average Bonchev–Trinajstić information content (AvgIpc) is 2.19. The lowest BCUT2D eigenvalue weighted by atomic mass is 9.82. The van der Waals surface area contributed by atoms with Gasteiger partial charge in [-0.25, -0.2) is 0 Å². The van der Waals surface area contributed by atoms with Gasteiger partial charge in [-0.2, -0.15) is 0 Å². The van der Waals surface area contributed by atoms with Gasteiger partial charge in [0.1, 0.15) is 0 Å². The first kappa shape index (κ1) is 11.2. The van der Waals surface area contributed by atoms with Crippen LogP contribution in [0, 0.1) is 5.41 Å². The Morgan fingerprint density at radius 1 is 1.71 bits per heavy atom. The van der Waals surface area contributed by atoms with Crippen LogP contribution in [0.15, 0.2) is 12.7 Å². The van der Waals surface area contributed by atoms with Gasteiger partial charge in [0.2, 0.25) is 5.91 Å². The standard InChI is InChI=1S/C11H20N2O/c1-3-4-8-13-10(14)11(2)6-5-7-12-9-11/h3,12H,1,4-9H2,2H3,(H,13,14). The van der Waals surface area contributed by atoms with E-state index in [0.717, 1.165) is 32.4 Å². The van der Waals surface area contributed by atoms with Gasteiger partial charge in [0.25, 0.3) is 0 Å². The maximum atomic E-state index is 11.8. The molecule has 1 rings (SSSR count). The Bertz CT molecular complexity index is 207. The second-order valence-electron chi connectivity index (χ2n) is 4.17. The lowest BCUT2D eigenvalue weighted by Gasteiger charge is -2.32. The van der Waals surface area contributed by atoms with E-state index in [0.29, 0.717) is 6.54 Å². The zero-order valence-corrected chi connectivity index (χ0v) is 8.94. The molecule has 1 atom stereocenters. The number of carbonyl (C=O) groups excluding carboxylic acids is 1. The molecule has 3 heteroatoms. The van der Waals surface area contributed by atoms with Crippen molar-refractivity contribution in [2.24, 2.45) is 5.41 Å². The molecule has 0 aliphatic carbocycles. The molecular weight excluding hydrogens is 176 g/mol. The number of amides is 1. The summed E-state index contributed by atoms with van der Waals surface area (Å²) >= 11 is 0. The van der Waals surface area contributed by atoms with Crippen molar-refractivity contribution >= 4 is 5.91 Å². The second-order valence-corrected chi connectivity index (χ2v) is 4.17. The lowest BCUT2D eigenvalue weighted by molar-refractivity contribution is -0.131. The molecular formula is C11H20N2O. The molecule has 1 amide bonds. The van der Waals surface area contributed by atoms with Crippen LogP contribution in [0.2, 0.25) is 0 Å². The summed E-state index contributed by atoms with van der Waals surface area (Å²) in [5, 5.41) is 6.21. The molecule has 14 heavy (non-hydrogen) atoms. The fraction of sp³-hybridized carbons (Fsp3) is 0.727. The summed E-state index contributed by atoms with van der Waals surface area (Å²) in [5.41, 5.74) is -0.209. The molecule has 1 unspecified atom stereocenters. The van der Waals surface area contributed by atoms with Crippen LogP contribution >= 0.6 is 0 Å². The number of piperidine rings is 1. The van der Waals surface area contributed by atoms with E-state index in [4.69, 9.17) is 0 Å². The number of hydrogen-bond donors (Lipinski definition) is 2. The molecule has 0 spiro atoms. The monoisotopic (exact) mass is 196 g/mol. The van der Waals surface area contributed by atoms with Crippen molar-refractivity contribution in [3.8, 4) is 0 Å². The Labute approximate surface area is 86.0 Å². The summed E-state index contributed by atoms with van der Waals surface area (Å²) in [6.07, 6.45) is 4.74. The maximum absolute atomic E-state index is 11.8. The smallest absolute Gasteiger partial charge is 0.227 e. The van der Waals surface area contributed by atoms with Gasteiger partial charge in [0.15, 0.2) is 0 Å². The molecule has 3 nitrogen and oxygen atoms in total. The molecule has 80 valence electrons. The minimum Gasteiger partial charge on any atom is -0.355 e. The molecule has 0 aromatic carbocycles. The third-order valence-electron chi connectivity index (χ3n) is 2.78. The molecule has 0 radical (unpaired) electrons. The van der Waals surface area contributed by atoms with E-state index in [1.54, 1.807) is 0 Å². The van der Waals surface area contributed by atoms with E-state index in [1.165, 1.54) is 0 Å². The van der Waals surface area contributed by atoms with Crippen LogP contribution in [0.25, 0.3) is 0 Å². The third kappa shape index (κ3) is 2.84. The van der Waals surface area contributed by atoms with Gasteiger partial charge in [0, 0.05) is 13.1 Å². The van der Waals surface area contributed by atoms with Gasteiger partial charge in [0.05, 0.1) is 5.41 Å². The Morgan fingerprint density at radius 2 is 2.50 bits per heavy atom. The van der Waals surface area contributed by atoms with Crippen molar-refractivity contribution < 1.29 is 4.79 Å². The summed E-state index contributed by atoms with van der Waals surface area (Å²) in [5.74, 6) is 0.173. The number of rotatable bonds is 4. The van der Waals surface area contributed by atoms with Crippen LogP contribution in [-0.2, 0) is 4.79 Å². The number of hydrogen-bond acceptors (Lipinski definition) is 2. The van der Waals surface area contributed by atoms with E-state index in [9.17, 15) is 4.79 Å². The highest BCUT2D eigenvalue weighted by molar-refractivity contribution is 5.82. The first-order chi connectivity index (χ1) is 6.69. The molecule has 1 fully saturated rings. The Hall–Kier alpha value is -0.830. The quantitative estimate of drug-likeness (QED) is 0.521. The van der Waals surface area contributed by atoms with Crippen LogP contribution in [0.5, 0.6) is 0 Å². The highest BCUT2D eigenvalue weighted by atomic mass is 16.2. The predicted molar refractivity (Wildman–Crippen MR) is 58.0 cm³/mol. The van der Waals surface area contributed by atoms with Crippen LogP contribution in [0.3, 0.4) is 0 Å². The summed E-state index contributed by atoms with van der Waals surface area (Å²) < 4.78 is 0. The summed E-state index contributed by atoms with van der Waals surface area (Å²) in [6.45, 7) is 8.20. The van der Waals surface area contributed by atoms with Crippen molar-refractivity contribution in [2.45, 2.75) is 26.2 Å². The van der Waals surface area contributed by atoms with Crippen LogP contribution in [0.4, 0.5) is 0 Å².